The van der Waals surface area contributed by atoms with Crippen molar-refractivity contribution in [2.75, 3.05) is 5.32 Å². The summed E-state index contributed by atoms with van der Waals surface area (Å²) in [6.07, 6.45) is 13.6. The summed E-state index contributed by atoms with van der Waals surface area (Å²) in [6.45, 7) is 2.13. The lowest BCUT2D eigenvalue weighted by atomic mass is 10.0. The molecule has 1 aliphatic carbocycles. The van der Waals surface area contributed by atoms with Crippen LogP contribution in [0, 0.1) is 0 Å². The number of nitrogens with zero attached hydrogens (tertiary/aromatic N) is 5. The molecule has 3 aromatic heterocycles. The zero-order valence-electron chi connectivity index (χ0n) is 13.9. The topological polar surface area (TPSA) is 68.0 Å². The molecule has 0 amide bonds. The van der Waals surface area contributed by atoms with E-state index in [1.807, 2.05) is 29.1 Å². The normalized spacial score (nSPS) is 16.5. The number of rotatable bonds is 5. The van der Waals surface area contributed by atoms with E-state index in [0.29, 0.717) is 17.6 Å². The maximum atomic E-state index is 4.75. The van der Waals surface area contributed by atoms with Gasteiger partial charge in [-0.2, -0.15) is 0 Å². The smallest absolute Gasteiger partial charge is 0.233 e. The first-order chi connectivity index (χ1) is 11.8. The number of anilines is 1. The summed E-state index contributed by atoms with van der Waals surface area (Å²) in [4.78, 5) is 18.1. The summed E-state index contributed by atoms with van der Waals surface area (Å²) in [5.41, 5.74) is 2.13. The predicted molar refractivity (Wildman–Crippen MR) is 92.9 cm³/mol. The molecular formula is C18H22N6. The van der Waals surface area contributed by atoms with Gasteiger partial charge in [0, 0.05) is 36.4 Å². The SMILES string of the molecule is CC[C@H](Nc1nccc(C2CCCC2)n1)c1cn2cccnc2n1. The third kappa shape index (κ3) is 2.96. The van der Waals surface area contributed by atoms with Gasteiger partial charge in [-0.1, -0.05) is 19.8 Å². The lowest BCUT2D eigenvalue weighted by molar-refractivity contribution is 0.683. The molecule has 0 bridgehead atoms. The van der Waals surface area contributed by atoms with Crippen LogP contribution in [0.2, 0.25) is 0 Å². The minimum atomic E-state index is 0.0746. The third-order valence-corrected chi connectivity index (χ3v) is 4.77. The van der Waals surface area contributed by atoms with Gasteiger partial charge in [0.25, 0.3) is 0 Å². The molecule has 4 rings (SSSR count). The van der Waals surface area contributed by atoms with E-state index in [0.717, 1.165) is 17.8 Å². The Morgan fingerprint density at radius 1 is 1.21 bits per heavy atom. The van der Waals surface area contributed by atoms with E-state index in [9.17, 15) is 0 Å². The Morgan fingerprint density at radius 2 is 2.08 bits per heavy atom. The van der Waals surface area contributed by atoms with E-state index >= 15 is 0 Å². The molecule has 0 aliphatic heterocycles. The zero-order chi connectivity index (χ0) is 16.4. The zero-order valence-corrected chi connectivity index (χ0v) is 13.9. The van der Waals surface area contributed by atoms with E-state index < -0.39 is 0 Å². The van der Waals surface area contributed by atoms with Crippen LogP contribution in [0.3, 0.4) is 0 Å². The molecule has 0 saturated heterocycles. The molecule has 1 atom stereocenters. The van der Waals surface area contributed by atoms with Gasteiger partial charge in [-0.05, 0) is 31.4 Å². The fourth-order valence-electron chi connectivity index (χ4n) is 3.45. The van der Waals surface area contributed by atoms with Crippen LogP contribution in [0.1, 0.15) is 62.4 Å². The van der Waals surface area contributed by atoms with Gasteiger partial charge in [0.05, 0.1) is 11.7 Å². The molecule has 24 heavy (non-hydrogen) atoms. The van der Waals surface area contributed by atoms with Crippen LogP contribution in [0.5, 0.6) is 0 Å². The quantitative estimate of drug-likeness (QED) is 0.775. The molecule has 1 fully saturated rings. The van der Waals surface area contributed by atoms with Crippen molar-refractivity contribution in [1.29, 1.82) is 0 Å². The van der Waals surface area contributed by atoms with Crippen LogP contribution in [0.15, 0.2) is 36.9 Å². The largest absolute Gasteiger partial charge is 0.346 e. The third-order valence-electron chi connectivity index (χ3n) is 4.77. The van der Waals surface area contributed by atoms with Gasteiger partial charge in [-0.25, -0.2) is 19.9 Å². The highest BCUT2D eigenvalue weighted by atomic mass is 15.1. The summed E-state index contributed by atoms with van der Waals surface area (Å²) in [5.74, 6) is 2.00. The number of aromatic nitrogens is 5. The maximum absolute atomic E-state index is 4.75. The second-order valence-corrected chi connectivity index (χ2v) is 6.38. The molecule has 3 aromatic rings. The summed E-state index contributed by atoms with van der Waals surface area (Å²) >= 11 is 0. The van der Waals surface area contributed by atoms with Crippen LogP contribution < -0.4 is 5.32 Å². The van der Waals surface area contributed by atoms with Crippen molar-refractivity contribution in [1.82, 2.24) is 24.3 Å². The summed E-state index contributed by atoms with van der Waals surface area (Å²) < 4.78 is 1.94. The molecule has 3 heterocycles. The van der Waals surface area contributed by atoms with Crippen molar-refractivity contribution in [3.05, 3.63) is 48.3 Å². The monoisotopic (exact) mass is 322 g/mol. The van der Waals surface area contributed by atoms with Crippen LogP contribution in [0.25, 0.3) is 5.78 Å². The number of hydrogen-bond donors (Lipinski definition) is 1. The number of nitrogens with one attached hydrogen (secondary N) is 1. The Morgan fingerprint density at radius 3 is 2.88 bits per heavy atom. The summed E-state index contributed by atoms with van der Waals surface area (Å²) in [6, 6.07) is 4.03. The van der Waals surface area contributed by atoms with E-state index in [-0.39, 0.29) is 6.04 Å². The van der Waals surface area contributed by atoms with E-state index in [1.54, 1.807) is 6.20 Å². The number of imidazole rings is 1. The molecule has 6 heteroatoms. The predicted octanol–water partition coefficient (Wildman–Crippen LogP) is 3.74. The number of fused-ring (bicyclic) bond motifs is 1. The molecule has 0 unspecified atom stereocenters. The minimum absolute atomic E-state index is 0.0746. The molecule has 124 valence electrons. The lowest BCUT2D eigenvalue weighted by Gasteiger charge is -2.16. The molecule has 0 aromatic carbocycles. The van der Waals surface area contributed by atoms with E-state index in [2.05, 4.69) is 33.3 Å². The van der Waals surface area contributed by atoms with Gasteiger partial charge >= 0.3 is 0 Å². The Labute approximate surface area is 141 Å². The van der Waals surface area contributed by atoms with Crippen molar-refractivity contribution < 1.29 is 0 Å². The first-order valence-corrected chi connectivity index (χ1v) is 8.72. The Kier molecular flexibility index (Phi) is 4.11. The standard InChI is InChI=1S/C18H22N6/c1-2-14(16-12-24-11-5-9-20-18(24)23-16)21-17-19-10-8-15(22-17)13-6-3-4-7-13/h5,8-14H,2-4,6-7H2,1H3,(H,19,21,22)/t14-/m0/s1. The fourth-order valence-corrected chi connectivity index (χ4v) is 3.45. The van der Waals surface area contributed by atoms with E-state index in [4.69, 9.17) is 4.98 Å². The van der Waals surface area contributed by atoms with Gasteiger partial charge in [0.2, 0.25) is 11.7 Å². The highest BCUT2D eigenvalue weighted by Gasteiger charge is 2.20. The minimum Gasteiger partial charge on any atom is -0.346 e. The molecule has 0 spiro atoms. The highest BCUT2D eigenvalue weighted by molar-refractivity contribution is 5.35. The van der Waals surface area contributed by atoms with Crippen LogP contribution in [0.4, 0.5) is 5.95 Å². The van der Waals surface area contributed by atoms with Crippen molar-refractivity contribution in [2.24, 2.45) is 0 Å². The maximum Gasteiger partial charge on any atom is 0.233 e. The number of hydrogen-bond acceptors (Lipinski definition) is 5. The Balaban J connectivity index is 1.57. The van der Waals surface area contributed by atoms with Gasteiger partial charge in [0.1, 0.15) is 0 Å². The first kappa shape index (κ1) is 15.1. The summed E-state index contributed by atoms with van der Waals surface area (Å²) in [7, 11) is 0. The van der Waals surface area contributed by atoms with Gasteiger partial charge in [-0.3, -0.25) is 4.40 Å². The Bertz CT molecular complexity index is 788. The van der Waals surface area contributed by atoms with Gasteiger partial charge < -0.3 is 5.32 Å². The second kappa shape index (κ2) is 6.55. The first-order valence-electron chi connectivity index (χ1n) is 8.72. The molecule has 1 N–H and O–H groups in total. The van der Waals surface area contributed by atoms with Crippen molar-refractivity contribution in [2.45, 2.75) is 51.0 Å². The summed E-state index contributed by atoms with van der Waals surface area (Å²) in [5, 5.41) is 3.44. The van der Waals surface area contributed by atoms with Crippen molar-refractivity contribution in [3.8, 4) is 0 Å². The Hall–Kier alpha value is -2.50. The van der Waals surface area contributed by atoms with Crippen LogP contribution in [-0.2, 0) is 0 Å². The average Bonchev–Trinajstić information content (AvgIpc) is 3.29. The molecule has 1 aliphatic rings. The molecular weight excluding hydrogens is 300 g/mol. The van der Waals surface area contributed by atoms with Gasteiger partial charge in [0.15, 0.2) is 0 Å². The van der Waals surface area contributed by atoms with Gasteiger partial charge in [-0.15, -0.1) is 0 Å². The fraction of sp³-hybridized carbons (Fsp3) is 0.444. The average molecular weight is 322 g/mol. The van der Waals surface area contributed by atoms with Crippen LogP contribution in [-0.4, -0.2) is 24.3 Å². The second-order valence-electron chi connectivity index (χ2n) is 6.38. The molecule has 1 saturated carbocycles. The lowest BCUT2D eigenvalue weighted by Crippen LogP contribution is -2.13. The van der Waals surface area contributed by atoms with Crippen molar-refractivity contribution >= 4 is 11.7 Å². The van der Waals surface area contributed by atoms with Crippen molar-refractivity contribution in [3.63, 3.8) is 0 Å². The molecule has 0 radical (unpaired) electrons. The molecule has 6 nitrogen and oxygen atoms in total. The van der Waals surface area contributed by atoms with Crippen LogP contribution >= 0.6 is 0 Å². The van der Waals surface area contributed by atoms with E-state index in [1.165, 1.54) is 25.7 Å². The highest BCUT2D eigenvalue weighted by Crippen LogP contribution is 2.33.